The smallest absolute Gasteiger partial charge is 0.229 e. The fourth-order valence-corrected chi connectivity index (χ4v) is 6.27. The summed E-state index contributed by atoms with van der Waals surface area (Å²) in [6.07, 6.45) is 7.41. The number of hydrogen-bond donors (Lipinski definition) is 4. The third-order valence-corrected chi connectivity index (χ3v) is 8.51. The molecule has 220 valence electrons. The molecule has 1 saturated heterocycles. The number of hydrogen-bond acceptors (Lipinski definition) is 10. The molecular weight excluding hydrogens is 562 g/mol. The van der Waals surface area contributed by atoms with Crippen molar-refractivity contribution in [2.24, 2.45) is 0 Å². The molecule has 2 unspecified atom stereocenters. The summed E-state index contributed by atoms with van der Waals surface area (Å²) in [4.78, 5) is 14.0. The van der Waals surface area contributed by atoms with E-state index in [1.54, 1.807) is 19.6 Å². The number of piperazine rings is 1. The van der Waals surface area contributed by atoms with Gasteiger partial charge in [-0.25, -0.2) is 9.71 Å². The van der Waals surface area contributed by atoms with Gasteiger partial charge in [0.05, 0.1) is 42.7 Å². The number of aryl methyl sites for hydroxylation is 1. The lowest BCUT2D eigenvalue weighted by molar-refractivity contribution is 0.0805. The molecule has 1 aromatic heterocycles. The fourth-order valence-electron chi connectivity index (χ4n) is 5.64. The van der Waals surface area contributed by atoms with Gasteiger partial charge < -0.3 is 25.0 Å². The van der Waals surface area contributed by atoms with E-state index in [1.807, 2.05) is 24.3 Å². The number of fused-ring (bicyclic) bond motifs is 1. The van der Waals surface area contributed by atoms with Gasteiger partial charge in [0, 0.05) is 38.8 Å². The maximum atomic E-state index is 11.7. The second-order valence-electron chi connectivity index (χ2n) is 10.4. The Morgan fingerprint density at radius 2 is 1.88 bits per heavy atom. The Kier molecular flexibility index (Phi) is 10.1. The first kappa shape index (κ1) is 29.7. The lowest BCUT2D eigenvalue weighted by Crippen LogP contribution is -2.51. The van der Waals surface area contributed by atoms with Crippen LogP contribution in [0.25, 0.3) is 0 Å². The van der Waals surface area contributed by atoms with Crippen molar-refractivity contribution in [3.63, 3.8) is 0 Å². The van der Waals surface area contributed by atoms with Gasteiger partial charge in [0.2, 0.25) is 5.95 Å². The number of para-hydroxylation sites is 2. The Labute approximate surface area is 249 Å². The number of aliphatic hydroxyl groups is 1. The quantitative estimate of drug-likeness (QED) is 0.199. The van der Waals surface area contributed by atoms with Crippen LogP contribution in [0.5, 0.6) is 5.75 Å². The molecule has 0 amide bonds. The number of ether oxygens (including phenoxy) is 1. The minimum Gasteiger partial charge on any atom is -0.593 e. The van der Waals surface area contributed by atoms with Crippen LogP contribution in [-0.4, -0.2) is 88.2 Å². The van der Waals surface area contributed by atoms with Crippen LogP contribution in [-0.2, 0) is 24.2 Å². The van der Waals surface area contributed by atoms with Gasteiger partial charge in [0.15, 0.2) is 5.82 Å². The molecule has 2 aliphatic rings. The summed E-state index contributed by atoms with van der Waals surface area (Å²) in [6, 6.07) is 12.3. The summed E-state index contributed by atoms with van der Waals surface area (Å²) in [7, 11) is 1.68. The minimum absolute atomic E-state index is 0.222. The monoisotopic (exact) mass is 599 g/mol. The predicted molar refractivity (Wildman–Crippen MR) is 166 cm³/mol. The van der Waals surface area contributed by atoms with Crippen molar-refractivity contribution in [3.8, 4) is 5.75 Å². The number of β-amino-alcohol motifs (C(OH)–C–C–N with tert-alkyl or cyclic N) is 1. The van der Waals surface area contributed by atoms with Crippen LogP contribution < -0.4 is 20.1 Å². The van der Waals surface area contributed by atoms with Gasteiger partial charge in [-0.15, -0.1) is 0 Å². The number of methoxy groups -OCH3 is 1. The molecule has 4 N–H and O–H groups in total. The first-order chi connectivity index (χ1) is 19.9. The van der Waals surface area contributed by atoms with Crippen molar-refractivity contribution in [1.29, 1.82) is 0 Å². The number of anilines is 5. The molecule has 0 saturated carbocycles. The zero-order valence-electron chi connectivity index (χ0n) is 23.5. The van der Waals surface area contributed by atoms with E-state index < -0.39 is 11.4 Å². The summed E-state index contributed by atoms with van der Waals surface area (Å²) in [6.45, 7) is 5.08. The SMILES string of the molecule is COc1cc2c(cc1Nc1ncc(Cl)c(Nc3ccccc3N[S+](C)[O-])n1)CCCC(N1CCN(CCO)CC1)C2. The summed E-state index contributed by atoms with van der Waals surface area (Å²) in [5.41, 5.74) is 4.81. The summed E-state index contributed by atoms with van der Waals surface area (Å²) in [5.74, 6) is 1.55. The fraction of sp³-hybridized carbons (Fsp3) is 0.448. The Balaban J connectivity index is 1.32. The number of aromatic nitrogens is 2. The van der Waals surface area contributed by atoms with Crippen LogP contribution in [0.15, 0.2) is 42.6 Å². The molecule has 41 heavy (non-hydrogen) atoms. The Morgan fingerprint density at radius 1 is 1.10 bits per heavy atom. The van der Waals surface area contributed by atoms with Crippen molar-refractivity contribution in [1.82, 2.24) is 19.8 Å². The molecule has 0 spiro atoms. The first-order valence-electron chi connectivity index (χ1n) is 14.0. The van der Waals surface area contributed by atoms with E-state index >= 15 is 0 Å². The molecular formula is C29H38ClN7O3S. The van der Waals surface area contributed by atoms with E-state index in [9.17, 15) is 9.66 Å². The molecule has 10 nitrogen and oxygen atoms in total. The Hall–Kier alpha value is -2.80. The highest BCUT2D eigenvalue weighted by Gasteiger charge is 2.27. The molecule has 1 fully saturated rings. The van der Waals surface area contributed by atoms with Gasteiger partial charge in [0.25, 0.3) is 0 Å². The van der Waals surface area contributed by atoms with Gasteiger partial charge in [-0.2, -0.15) is 4.98 Å². The third-order valence-electron chi connectivity index (χ3n) is 7.72. The number of nitrogens with zero attached hydrogens (tertiary/aromatic N) is 4. The summed E-state index contributed by atoms with van der Waals surface area (Å²) in [5, 5.41) is 16.2. The molecule has 2 atom stereocenters. The lowest BCUT2D eigenvalue weighted by atomic mass is 9.99. The molecule has 0 bridgehead atoms. The molecule has 2 aromatic carbocycles. The third kappa shape index (κ3) is 7.54. The predicted octanol–water partition coefficient (Wildman–Crippen LogP) is 4.19. The van der Waals surface area contributed by atoms with Gasteiger partial charge in [-0.3, -0.25) is 9.80 Å². The van der Waals surface area contributed by atoms with Gasteiger partial charge in [-0.1, -0.05) is 23.7 Å². The average molecular weight is 600 g/mol. The maximum Gasteiger partial charge on any atom is 0.229 e. The molecule has 5 rings (SSSR count). The van der Waals surface area contributed by atoms with E-state index in [0.717, 1.165) is 69.8 Å². The summed E-state index contributed by atoms with van der Waals surface area (Å²) < 4.78 is 20.5. The number of aliphatic hydroxyl groups excluding tert-OH is 1. The van der Waals surface area contributed by atoms with Crippen molar-refractivity contribution < 1.29 is 14.4 Å². The Bertz CT molecular complexity index is 1320. The van der Waals surface area contributed by atoms with Crippen LogP contribution in [0.3, 0.4) is 0 Å². The number of nitrogens with one attached hydrogen (secondary N) is 3. The highest BCUT2D eigenvalue weighted by atomic mass is 35.5. The Morgan fingerprint density at radius 3 is 2.61 bits per heavy atom. The average Bonchev–Trinajstić information content (AvgIpc) is 3.17. The normalized spacial score (nSPS) is 18.7. The van der Waals surface area contributed by atoms with E-state index in [2.05, 4.69) is 47.3 Å². The maximum absolute atomic E-state index is 11.7. The molecule has 2 heterocycles. The van der Waals surface area contributed by atoms with E-state index in [4.69, 9.17) is 16.3 Å². The van der Waals surface area contributed by atoms with Gasteiger partial charge >= 0.3 is 0 Å². The van der Waals surface area contributed by atoms with E-state index in [0.29, 0.717) is 34.2 Å². The van der Waals surface area contributed by atoms with Crippen LogP contribution in [0.2, 0.25) is 5.02 Å². The van der Waals surface area contributed by atoms with Crippen molar-refractivity contribution >= 4 is 51.8 Å². The molecule has 3 aromatic rings. The van der Waals surface area contributed by atoms with Crippen molar-refractivity contribution in [3.05, 3.63) is 58.7 Å². The summed E-state index contributed by atoms with van der Waals surface area (Å²) >= 11 is 5.21. The lowest BCUT2D eigenvalue weighted by Gasteiger charge is -2.39. The molecule has 1 aliphatic heterocycles. The second-order valence-corrected chi connectivity index (χ2v) is 11.9. The molecule has 1 aliphatic carbocycles. The van der Waals surface area contributed by atoms with E-state index in [-0.39, 0.29) is 6.61 Å². The van der Waals surface area contributed by atoms with Crippen molar-refractivity contribution in [2.75, 3.05) is 68.1 Å². The first-order valence-corrected chi connectivity index (χ1v) is 15.9. The topological polar surface area (TPSA) is 121 Å². The zero-order valence-corrected chi connectivity index (χ0v) is 25.1. The standard InChI is InChI=1S/C29H38ClN7O3S/c1-40-27-18-21-16-22(37-12-10-36(11-13-37)14-15-38)7-5-6-20(21)17-26(27)33-29-31-19-23(30)28(34-29)32-24-8-3-4-9-25(24)35-41(2)39/h3-4,8-9,17-19,22,35,38H,5-7,10-16H2,1-2H3,(H2,31,32,33,34). The van der Waals surface area contributed by atoms with Gasteiger partial charge in [0.1, 0.15) is 22.7 Å². The molecule has 0 radical (unpaired) electrons. The zero-order chi connectivity index (χ0) is 28.8. The van der Waals surface area contributed by atoms with E-state index in [1.165, 1.54) is 11.1 Å². The largest absolute Gasteiger partial charge is 0.593 e. The number of benzene rings is 2. The van der Waals surface area contributed by atoms with Crippen LogP contribution in [0.1, 0.15) is 24.0 Å². The van der Waals surface area contributed by atoms with Crippen LogP contribution in [0.4, 0.5) is 28.8 Å². The highest BCUT2D eigenvalue weighted by Crippen LogP contribution is 2.35. The van der Waals surface area contributed by atoms with Gasteiger partial charge in [-0.05, 0) is 61.1 Å². The molecule has 12 heteroatoms. The highest BCUT2D eigenvalue weighted by molar-refractivity contribution is 7.92. The van der Waals surface area contributed by atoms with Crippen LogP contribution >= 0.6 is 11.6 Å². The number of halogens is 1. The van der Waals surface area contributed by atoms with Crippen molar-refractivity contribution in [2.45, 2.75) is 31.7 Å². The van der Waals surface area contributed by atoms with Crippen LogP contribution in [0, 0.1) is 0 Å². The number of rotatable bonds is 10. The second kappa shape index (κ2) is 13.9. The minimum atomic E-state index is -1.23.